The number of benzene rings is 1. The molecule has 1 atom stereocenters. The highest BCUT2D eigenvalue weighted by Gasteiger charge is 2.19. The van der Waals surface area contributed by atoms with Gasteiger partial charge in [0.2, 0.25) is 5.91 Å². The molecule has 1 amide bonds. The van der Waals surface area contributed by atoms with Crippen LogP contribution in [0.1, 0.15) is 20.8 Å². The molecular weight excluding hydrogens is 358 g/mol. The summed E-state index contributed by atoms with van der Waals surface area (Å²) in [6, 6.07) is 5.03. The lowest BCUT2D eigenvalue weighted by molar-refractivity contribution is -0.120. The van der Waals surface area contributed by atoms with Crippen molar-refractivity contribution in [3.63, 3.8) is 0 Å². The van der Waals surface area contributed by atoms with Crippen LogP contribution in [-0.2, 0) is 11.3 Å². The van der Waals surface area contributed by atoms with Crippen LogP contribution in [0.4, 0.5) is 0 Å². The second kappa shape index (κ2) is 8.41. The first-order valence-electron chi connectivity index (χ1n) is 7.91. The van der Waals surface area contributed by atoms with Gasteiger partial charge in [0, 0.05) is 11.6 Å². The maximum Gasteiger partial charge on any atom is 0.262 e. The fourth-order valence-electron chi connectivity index (χ4n) is 2.28. The average Bonchev–Trinajstić information content (AvgIpc) is 2.56. The fraction of sp³-hybridized carbons (Fsp3) is 0.389. The van der Waals surface area contributed by atoms with Gasteiger partial charge in [-0.05, 0) is 31.0 Å². The summed E-state index contributed by atoms with van der Waals surface area (Å²) in [6.45, 7) is 6.48. The zero-order chi connectivity index (χ0) is 18.6. The first-order valence-corrected chi connectivity index (χ1v) is 9.17. The molecule has 5 nitrogen and oxygen atoms in total. The normalized spacial score (nSPS) is 12.2. The summed E-state index contributed by atoms with van der Waals surface area (Å²) in [5, 5.41) is 3.69. The van der Waals surface area contributed by atoms with Gasteiger partial charge in [-0.15, -0.1) is 6.42 Å². The van der Waals surface area contributed by atoms with E-state index in [1.165, 1.54) is 11.8 Å². The van der Waals surface area contributed by atoms with E-state index in [1.54, 1.807) is 29.7 Å². The molecule has 0 radical (unpaired) electrons. The highest BCUT2D eigenvalue weighted by Crippen LogP contribution is 2.24. The average molecular weight is 378 g/mol. The summed E-state index contributed by atoms with van der Waals surface area (Å²) in [7, 11) is 0. The second-order valence-corrected chi connectivity index (χ2v) is 7.79. The largest absolute Gasteiger partial charge is 0.344 e. The maximum atomic E-state index is 12.9. The van der Waals surface area contributed by atoms with Crippen LogP contribution >= 0.6 is 23.4 Å². The van der Waals surface area contributed by atoms with Gasteiger partial charge in [0.1, 0.15) is 0 Å². The molecule has 1 unspecified atom stereocenters. The minimum atomic E-state index is -0.427. The SMILES string of the molecule is C#CCNC(=O)C(C)Sc1nc2ccc(Cl)cc2c(=O)n1CC(C)C. The fourth-order valence-corrected chi connectivity index (χ4v) is 3.40. The van der Waals surface area contributed by atoms with Gasteiger partial charge in [-0.1, -0.05) is 43.1 Å². The van der Waals surface area contributed by atoms with Gasteiger partial charge in [-0.3, -0.25) is 14.2 Å². The molecule has 1 aromatic carbocycles. The monoisotopic (exact) mass is 377 g/mol. The molecule has 1 N–H and O–H groups in total. The number of fused-ring (bicyclic) bond motifs is 1. The predicted octanol–water partition coefficient (Wildman–Crippen LogP) is 2.94. The molecule has 132 valence electrons. The van der Waals surface area contributed by atoms with Crippen molar-refractivity contribution in [2.45, 2.75) is 37.7 Å². The molecule has 0 aliphatic carbocycles. The Bertz CT molecular complexity index is 886. The molecule has 0 bridgehead atoms. The Morgan fingerprint density at radius 1 is 1.44 bits per heavy atom. The highest BCUT2D eigenvalue weighted by atomic mass is 35.5. The number of carbonyl (C=O) groups excluding carboxylic acids is 1. The Labute approximate surface area is 156 Å². The molecule has 0 aliphatic heterocycles. The number of hydrogen-bond donors (Lipinski definition) is 1. The minimum Gasteiger partial charge on any atom is -0.344 e. The summed E-state index contributed by atoms with van der Waals surface area (Å²) in [6.07, 6.45) is 5.16. The molecule has 7 heteroatoms. The van der Waals surface area contributed by atoms with E-state index in [-0.39, 0.29) is 23.9 Å². The van der Waals surface area contributed by atoms with Gasteiger partial charge in [-0.25, -0.2) is 4.98 Å². The Balaban J connectivity index is 2.46. The van der Waals surface area contributed by atoms with Gasteiger partial charge in [0.25, 0.3) is 5.56 Å². The van der Waals surface area contributed by atoms with Crippen molar-refractivity contribution in [2.75, 3.05) is 6.54 Å². The summed E-state index contributed by atoms with van der Waals surface area (Å²) in [5.41, 5.74) is 0.410. The summed E-state index contributed by atoms with van der Waals surface area (Å²) < 4.78 is 1.61. The minimum absolute atomic E-state index is 0.153. The second-order valence-electron chi connectivity index (χ2n) is 6.05. The van der Waals surface area contributed by atoms with Crippen LogP contribution in [0, 0.1) is 18.3 Å². The van der Waals surface area contributed by atoms with Crippen molar-refractivity contribution in [1.29, 1.82) is 0 Å². The highest BCUT2D eigenvalue weighted by molar-refractivity contribution is 8.00. The van der Waals surface area contributed by atoms with Gasteiger partial charge in [0.15, 0.2) is 5.16 Å². The molecule has 0 saturated carbocycles. The van der Waals surface area contributed by atoms with E-state index in [0.717, 1.165) is 0 Å². The predicted molar refractivity (Wildman–Crippen MR) is 103 cm³/mol. The third-order valence-corrected chi connectivity index (χ3v) is 4.77. The van der Waals surface area contributed by atoms with Crippen molar-refractivity contribution < 1.29 is 4.79 Å². The van der Waals surface area contributed by atoms with E-state index in [1.807, 2.05) is 13.8 Å². The van der Waals surface area contributed by atoms with Crippen molar-refractivity contribution in [1.82, 2.24) is 14.9 Å². The number of nitrogens with zero attached hydrogens (tertiary/aromatic N) is 2. The van der Waals surface area contributed by atoms with Gasteiger partial charge < -0.3 is 5.32 Å². The molecule has 1 heterocycles. The smallest absolute Gasteiger partial charge is 0.262 e. The Morgan fingerprint density at radius 2 is 2.16 bits per heavy atom. The number of halogens is 1. The number of thioether (sulfide) groups is 1. The van der Waals surface area contributed by atoms with Crippen LogP contribution < -0.4 is 10.9 Å². The molecule has 0 fully saturated rings. The number of carbonyl (C=O) groups is 1. The third-order valence-electron chi connectivity index (χ3n) is 3.44. The number of aromatic nitrogens is 2. The van der Waals surface area contributed by atoms with Crippen LogP contribution in [0.3, 0.4) is 0 Å². The lowest BCUT2D eigenvalue weighted by Gasteiger charge is -2.17. The van der Waals surface area contributed by atoms with E-state index in [9.17, 15) is 9.59 Å². The number of hydrogen-bond acceptors (Lipinski definition) is 4. The standard InChI is InChI=1S/C18H20ClN3O2S/c1-5-8-20-16(23)12(4)25-18-21-15-7-6-13(19)9-14(15)17(24)22(18)10-11(2)3/h1,6-7,9,11-12H,8,10H2,2-4H3,(H,20,23). The topological polar surface area (TPSA) is 64.0 Å². The van der Waals surface area contributed by atoms with Crippen LogP contribution in [0.25, 0.3) is 10.9 Å². The van der Waals surface area contributed by atoms with Crippen LogP contribution in [-0.4, -0.2) is 27.3 Å². The molecule has 0 spiro atoms. The van der Waals surface area contributed by atoms with Gasteiger partial charge in [0.05, 0.1) is 22.7 Å². The van der Waals surface area contributed by atoms with Crippen LogP contribution in [0.2, 0.25) is 5.02 Å². The molecule has 0 aliphatic rings. The van der Waals surface area contributed by atoms with E-state index >= 15 is 0 Å². The number of terminal acetylenes is 1. The van der Waals surface area contributed by atoms with E-state index in [4.69, 9.17) is 18.0 Å². The van der Waals surface area contributed by atoms with Gasteiger partial charge in [-0.2, -0.15) is 0 Å². The van der Waals surface area contributed by atoms with Crippen molar-refractivity contribution in [3.05, 3.63) is 33.6 Å². The number of rotatable bonds is 6. The molecule has 2 rings (SSSR count). The summed E-state index contributed by atoms with van der Waals surface area (Å²) in [5.74, 6) is 2.43. The molecular formula is C18H20ClN3O2S. The zero-order valence-electron chi connectivity index (χ0n) is 14.4. The molecule has 2 aromatic rings. The third kappa shape index (κ3) is 4.77. The summed E-state index contributed by atoms with van der Waals surface area (Å²) in [4.78, 5) is 29.5. The molecule has 25 heavy (non-hydrogen) atoms. The zero-order valence-corrected chi connectivity index (χ0v) is 15.9. The lowest BCUT2D eigenvalue weighted by atomic mass is 10.2. The summed E-state index contributed by atoms with van der Waals surface area (Å²) >= 11 is 7.25. The molecule has 1 aromatic heterocycles. The van der Waals surface area contributed by atoms with E-state index in [0.29, 0.717) is 27.6 Å². The first kappa shape index (κ1) is 19.4. The van der Waals surface area contributed by atoms with E-state index < -0.39 is 5.25 Å². The van der Waals surface area contributed by atoms with Gasteiger partial charge >= 0.3 is 0 Å². The van der Waals surface area contributed by atoms with Crippen molar-refractivity contribution >= 4 is 40.2 Å². The number of amides is 1. The Hall–Kier alpha value is -1.97. The van der Waals surface area contributed by atoms with Crippen LogP contribution in [0.5, 0.6) is 0 Å². The number of nitrogens with one attached hydrogen (secondary N) is 1. The lowest BCUT2D eigenvalue weighted by Crippen LogP contribution is -2.32. The first-order chi connectivity index (χ1) is 11.8. The van der Waals surface area contributed by atoms with Crippen molar-refractivity contribution in [2.24, 2.45) is 5.92 Å². The quantitative estimate of drug-likeness (QED) is 0.477. The van der Waals surface area contributed by atoms with E-state index in [2.05, 4.69) is 16.2 Å². The van der Waals surface area contributed by atoms with Crippen LogP contribution in [0.15, 0.2) is 28.2 Å². The molecule has 0 saturated heterocycles. The Morgan fingerprint density at radius 3 is 2.80 bits per heavy atom. The maximum absolute atomic E-state index is 12.9. The Kier molecular flexibility index (Phi) is 6.51. The van der Waals surface area contributed by atoms with Crippen molar-refractivity contribution in [3.8, 4) is 12.3 Å².